The minimum Gasteiger partial charge on any atom is -0.462 e. The third-order valence-corrected chi connectivity index (χ3v) is 6.17. The number of benzene rings is 2. The lowest BCUT2D eigenvalue weighted by atomic mass is 9.98. The molecule has 3 aliphatic rings. The molecule has 2 amide bonds. The third-order valence-electron chi connectivity index (χ3n) is 6.17. The van der Waals surface area contributed by atoms with Crippen molar-refractivity contribution < 1.29 is 19.1 Å². The van der Waals surface area contributed by atoms with Gasteiger partial charge in [0.25, 0.3) is 5.91 Å². The van der Waals surface area contributed by atoms with Crippen molar-refractivity contribution in [3.05, 3.63) is 81.7 Å². The quantitative estimate of drug-likeness (QED) is 0.392. The first-order valence-electron chi connectivity index (χ1n) is 10.8. The zero-order valence-electron chi connectivity index (χ0n) is 18.4. The highest BCUT2D eigenvalue weighted by molar-refractivity contribution is 6.35. The van der Waals surface area contributed by atoms with Gasteiger partial charge >= 0.3 is 5.97 Å². The molecule has 0 unspecified atom stereocenters. The Morgan fingerprint density at radius 1 is 0.909 bits per heavy atom. The summed E-state index contributed by atoms with van der Waals surface area (Å²) in [4.78, 5) is 38.0. The van der Waals surface area contributed by atoms with E-state index in [1.165, 1.54) is 5.56 Å². The maximum Gasteiger partial charge on any atom is 0.339 e. The zero-order valence-corrected chi connectivity index (χ0v) is 18.4. The number of fused-ring (bicyclic) bond motifs is 3. The van der Waals surface area contributed by atoms with Crippen LogP contribution < -0.4 is 10.6 Å². The van der Waals surface area contributed by atoms with Gasteiger partial charge in [-0.2, -0.15) is 0 Å². The van der Waals surface area contributed by atoms with Crippen LogP contribution in [0, 0.1) is 13.8 Å². The summed E-state index contributed by atoms with van der Waals surface area (Å²) in [7, 11) is 0. The molecule has 2 aromatic carbocycles. The molecule has 3 aromatic rings. The van der Waals surface area contributed by atoms with E-state index < -0.39 is 0 Å². The lowest BCUT2D eigenvalue weighted by Gasteiger charge is -2.12. The molecule has 0 spiro atoms. The first-order chi connectivity index (χ1) is 15.9. The smallest absolute Gasteiger partial charge is 0.339 e. The van der Waals surface area contributed by atoms with E-state index in [4.69, 9.17) is 4.74 Å². The lowest BCUT2D eigenvalue weighted by molar-refractivity contribution is -0.115. The van der Waals surface area contributed by atoms with Crippen LogP contribution in [-0.2, 0) is 27.2 Å². The van der Waals surface area contributed by atoms with Gasteiger partial charge < -0.3 is 20.4 Å². The minimum atomic E-state index is -0.311. The Bertz CT molecular complexity index is 1350. The molecule has 33 heavy (non-hydrogen) atoms. The fourth-order valence-electron chi connectivity index (χ4n) is 4.50. The predicted molar refractivity (Wildman–Crippen MR) is 126 cm³/mol. The van der Waals surface area contributed by atoms with Crippen LogP contribution in [0.3, 0.4) is 0 Å². The van der Waals surface area contributed by atoms with Gasteiger partial charge in [-0.3, -0.25) is 9.59 Å². The van der Waals surface area contributed by atoms with Crippen molar-refractivity contribution >= 4 is 40.8 Å². The van der Waals surface area contributed by atoms with Crippen molar-refractivity contribution in [3.8, 4) is 0 Å². The highest BCUT2D eigenvalue weighted by atomic mass is 16.5. The van der Waals surface area contributed by atoms with Gasteiger partial charge in [0.15, 0.2) is 0 Å². The summed E-state index contributed by atoms with van der Waals surface area (Å²) in [6, 6.07) is 11.7. The molecule has 0 radical (unpaired) electrons. The van der Waals surface area contributed by atoms with Crippen LogP contribution in [0.5, 0.6) is 0 Å². The van der Waals surface area contributed by atoms with E-state index in [2.05, 4.69) is 15.6 Å². The molecule has 0 saturated carbocycles. The number of ether oxygens (including phenoxy) is 1. The van der Waals surface area contributed by atoms with Crippen LogP contribution in [0.2, 0.25) is 0 Å². The van der Waals surface area contributed by atoms with Gasteiger partial charge in [0, 0.05) is 35.2 Å². The van der Waals surface area contributed by atoms with Gasteiger partial charge in [-0.25, -0.2) is 4.79 Å². The van der Waals surface area contributed by atoms with Crippen molar-refractivity contribution in [2.75, 3.05) is 17.2 Å². The van der Waals surface area contributed by atoms with Gasteiger partial charge in [0.1, 0.15) is 0 Å². The molecule has 0 fully saturated rings. The highest BCUT2D eigenvalue weighted by Gasteiger charge is 2.28. The summed E-state index contributed by atoms with van der Waals surface area (Å²) >= 11 is 0. The number of aryl methyl sites for hydroxylation is 2. The second-order valence-corrected chi connectivity index (χ2v) is 8.32. The molecule has 0 bridgehead atoms. The van der Waals surface area contributed by atoms with Crippen molar-refractivity contribution in [2.24, 2.45) is 0 Å². The Balaban J connectivity index is 0.000000174. The van der Waals surface area contributed by atoms with Gasteiger partial charge in [-0.1, -0.05) is 24.3 Å². The summed E-state index contributed by atoms with van der Waals surface area (Å²) in [6.07, 6.45) is 4.67. The molecule has 4 heterocycles. The summed E-state index contributed by atoms with van der Waals surface area (Å²) in [5.74, 6) is -0.324. The van der Waals surface area contributed by atoms with Crippen LogP contribution in [0.1, 0.15) is 43.9 Å². The summed E-state index contributed by atoms with van der Waals surface area (Å²) in [5, 5.41) is 5.68. The highest BCUT2D eigenvalue weighted by Crippen LogP contribution is 2.36. The van der Waals surface area contributed by atoms with E-state index in [9.17, 15) is 14.4 Å². The lowest BCUT2D eigenvalue weighted by Crippen LogP contribution is -2.16. The molecule has 166 valence electrons. The number of nitrogens with one attached hydrogen (secondary N) is 3. The molecule has 0 aliphatic carbocycles. The van der Waals surface area contributed by atoms with E-state index in [0.29, 0.717) is 30.6 Å². The average molecular weight is 441 g/mol. The first-order valence-corrected chi connectivity index (χ1v) is 10.8. The van der Waals surface area contributed by atoms with Gasteiger partial charge in [0.2, 0.25) is 5.91 Å². The minimum absolute atomic E-state index is 0.106. The van der Waals surface area contributed by atoms with Gasteiger partial charge in [0.05, 0.1) is 24.2 Å². The number of carbonyl (C=O) groups is 3. The normalized spacial score (nSPS) is 16.8. The fraction of sp³-hybridized carbons (Fsp3) is 0.192. The molecule has 6 rings (SSSR count). The predicted octanol–water partition coefficient (Wildman–Crippen LogP) is 4.02. The molecular formula is C26H23N3O4. The molecular weight excluding hydrogens is 418 g/mol. The number of esters is 1. The van der Waals surface area contributed by atoms with E-state index in [1.807, 2.05) is 56.3 Å². The number of rotatable bonds is 1. The molecule has 0 atom stereocenters. The number of aromatic nitrogens is 1. The molecule has 1 aromatic heterocycles. The summed E-state index contributed by atoms with van der Waals surface area (Å²) in [6.45, 7) is 4.38. The number of H-pyrrole nitrogens is 1. The van der Waals surface area contributed by atoms with Gasteiger partial charge in [-0.05, 0) is 54.3 Å². The molecule has 7 heteroatoms. The van der Waals surface area contributed by atoms with Crippen LogP contribution in [0.25, 0.3) is 11.6 Å². The number of cyclic esters (lactones) is 1. The standard InChI is InChI=1S/C17H14N2O3.C9H9NO/c1-9-3-2-4-13-15(9)11(16(20)19-13)7-14-10-5-6-22-17(21)12(10)8-18-14;1-6-3-2-4-8-7(6)5-9(11)10-8/h2-4,7-8,18H,5-6H2,1H3,(H,19,20);2-4H,5H2,1H3,(H,10,11). The Hall–Kier alpha value is -4.13. The summed E-state index contributed by atoms with van der Waals surface area (Å²) in [5.41, 5.74) is 9.02. The fourth-order valence-corrected chi connectivity index (χ4v) is 4.50. The van der Waals surface area contributed by atoms with Crippen LogP contribution >= 0.6 is 0 Å². The zero-order chi connectivity index (χ0) is 23.1. The average Bonchev–Trinajstić information content (AvgIpc) is 3.46. The molecule has 0 saturated heterocycles. The molecule has 3 aliphatic heterocycles. The number of hydrogen-bond acceptors (Lipinski definition) is 4. The van der Waals surface area contributed by atoms with E-state index in [0.717, 1.165) is 39.3 Å². The van der Waals surface area contributed by atoms with Crippen LogP contribution in [0.4, 0.5) is 11.4 Å². The molecule has 3 N–H and O–H groups in total. The number of amides is 2. The summed E-state index contributed by atoms with van der Waals surface area (Å²) < 4.78 is 5.03. The number of aromatic amines is 1. The van der Waals surface area contributed by atoms with Crippen LogP contribution in [0.15, 0.2) is 42.6 Å². The Morgan fingerprint density at radius 2 is 1.67 bits per heavy atom. The monoisotopic (exact) mass is 441 g/mol. The molecule has 7 nitrogen and oxygen atoms in total. The maximum absolute atomic E-state index is 12.3. The Morgan fingerprint density at radius 3 is 2.45 bits per heavy atom. The van der Waals surface area contributed by atoms with Crippen molar-refractivity contribution in [2.45, 2.75) is 26.7 Å². The van der Waals surface area contributed by atoms with E-state index in [-0.39, 0.29) is 17.8 Å². The topological polar surface area (TPSA) is 100 Å². The van der Waals surface area contributed by atoms with Gasteiger partial charge in [-0.15, -0.1) is 0 Å². The number of carbonyl (C=O) groups excluding carboxylic acids is 3. The van der Waals surface area contributed by atoms with Crippen molar-refractivity contribution in [1.82, 2.24) is 4.98 Å². The number of hydrogen-bond donors (Lipinski definition) is 3. The maximum atomic E-state index is 12.3. The SMILES string of the molecule is Cc1cccc2c1C(=Cc1[nH]cc3c1CCOC3=O)C(=O)N2.Cc1cccc2c1CC(=O)N2. The van der Waals surface area contributed by atoms with Crippen molar-refractivity contribution in [3.63, 3.8) is 0 Å². The third kappa shape index (κ3) is 3.71. The first kappa shape index (κ1) is 20.8. The number of anilines is 2. The van der Waals surface area contributed by atoms with Crippen LogP contribution in [-0.4, -0.2) is 29.4 Å². The van der Waals surface area contributed by atoms with Crippen molar-refractivity contribution in [1.29, 1.82) is 0 Å². The Labute approximate surface area is 190 Å². The second kappa shape index (κ2) is 8.09. The largest absolute Gasteiger partial charge is 0.462 e. The second-order valence-electron chi connectivity index (χ2n) is 8.32. The van der Waals surface area contributed by atoms with E-state index >= 15 is 0 Å². The van der Waals surface area contributed by atoms with E-state index in [1.54, 1.807) is 6.20 Å². The Kier molecular flexibility index (Phi) is 5.09.